The van der Waals surface area contributed by atoms with Gasteiger partial charge in [0, 0.05) is 17.2 Å². The summed E-state index contributed by atoms with van der Waals surface area (Å²) in [6, 6.07) is 7.48. The normalized spacial score (nSPS) is 13.4. The lowest BCUT2D eigenvalue weighted by molar-refractivity contribution is -0.137. The highest BCUT2D eigenvalue weighted by Crippen LogP contribution is 2.33. The Morgan fingerprint density at radius 3 is 2.44 bits per heavy atom. The Labute approximate surface area is 143 Å². The first-order valence-electron chi connectivity index (χ1n) is 7.62. The second-order valence-electron chi connectivity index (χ2n) is 6.67. The second-order valence-corrected chi connectivity index (χ2v) is 6.67. The topological polar surface area (TPSA) is 62.2 Å². The largest absolute Gasteiger partial charge is 0.416 e. The molecule has 1 aromatic carbocycles. The van der Waals surface area contributed by atoms with Crippen molar-refractivity contribution in [3.05, 3.63) is 59.3 Å². The molecule has 0 saturated carbocycles. The summed E-state index contributed by atoms with van der Waals surface area (Å²) >= 11 is 0. The zero-order chi connectivity index (χ0) is 18.8. The molecular weight excluding hydrogens is 333 g/mol. The number of rotatable bonds is 3. The van der Waals surface area contributed by atoms with Crippen LogP contribution >= 0.6 is 0 Å². The van der Waals surface area contributed by atoms with Crippen molar-refractivity contribution in [2.75, 3.05) is 5.32 Å². The molecule has 134 valence electrons. The van der Waals surface area contributed by atoms with Crippen LogP contribution in [0.2, 0.25) is 0 Å². The van der Waals surface area contributed by atoms with Crippen molar-refractivity contribution in [2.45, 2.75) is 33.1 Å². The summed E-state index contributed by atoms with van der Waals surface area (Å²) in [6.07, 6.45) is -4.43. The molecule has 2 N–H and O–H groups in total. The molecule has 0 fully saturated rings. The van der Waals surface area contributed by atoms with Gasteiger partial charge >= 0.3 is 6.18 Å². The Bertz CT molecular complexity index is 767. The van der Waals surface area contributed by atoms with Crippen molar-refractivity contribution in [1.29, 1.82) is 0 Å². The van der Waals surface area contributed by atoms with Gasteiger partial charge in [-0.25, -0.2) is 4.98 Å². The average molecular weight is 352 g/mol. The first-order valence-corrected chi connectivity index (χ1v) is 7.62. The molecule has 0 spiro atoms. The smallest absolute Gasteiger partial charge is 0.384 e. The molecule has 1 aromatic heterocycles. The number of alkyl halides is 3. The minimum Gasteiger partial charge on any atom is -0.384 e. The first-order chi connectivity index (χ1) is 11.5. The molecule has 0 aliphatic rings. The van der Waals surface area contributed by atoms with Crippen LogP contribution in [0.25, 0.3) is 0 Å². The van der Waals surface area contributed by atoms with Gasteiger partial charge in [-0.1, -0.05) is 39.0 Å². The van der Waals surface area contributed by atoms with E-state index in [9.17, 15) is 23.1 Å². The summed E-state index contributed by atoms with van der Waals surface area (Å²) in [6.45, 7) is 5.15. The maximum Gasteiger partial charge on any atom is 0.416 e. The Balaban J connectivity index is 2.38. The van der Waals surface area contributed by atoms with E-state index in [0.717, 1.165) is 12.1 Å². The molecule has 4 nitrogen and oxygen atoms in total. The predicted molar refractivity (Wildman–Crippen MR) is 87.8 cm³/mol. The van der Waals surface area contributed by atoms with Crippen LogP contribution in [-0.2, 0) is 11.0 Å². The molecule has 1 atom stereocenters. The van der Waals surface area contributed by atoms with Gasteiger partial charge in [0.15, 0.2) is 0 Å². The third kappa shape index (κ3) is 4.57. The van der Waals surface area contributed by atoms with E-state index in [4.69, 9.17) is 0 Å². The van der Waals surface area contributed by atoms with Gasteiger partial charge in [0.25, 0.3) is 0 Å². The van der Waals surface area contributed by atoms with E-state index in [1.807, 2.05) is 0 Å². The molecule has 1 amide bonds. The molecule has 2 rings (SSSR count). The third-order valence-electron chi connectivity index (χ3n) is 3.58. The number of aliphatic hydroxyl groups is 1. The fraction of sp³-hybridized carbons (Fsp3) is 0.333. The number of aliphatic hydroxyl groups excluding tert-OH is 1. The van der Waals surface area contributed by atoms with E-state index in [2.05, 4.69) is 10.3 Å². The monoisotopic (exact) mass is 352 g/mol. The lowest BCUT2D eigenvalue weighted by atomic mass is 9.95. The van der Waals surface area contributed by atoms with Crippen molar-refractivity contribution < 1.29 is 23.1 Å². The van der Waals surface area contributed by atoms with E-state index in [0.29, 0.717) is 0 Å². The van der Waals surface area contributed by atoms with E-state index in [1.54, 1.807) is 26.8 Å². The van der Waals surface area contributed by atoms with Crippen molar-refractivity contribution in [3.63, 3.8) is 0 Å². The standard InChI is InChI=1S/C18H19F3N2O2/c1-17(2,3)16(25)23-15-13(8-5-9-22-15)14(24)11-6-4-7-12(10-11)18(19,20)21/h4-10,14,24H,1-3H3,(H,22,23,25)/t14-/m1/s1. The van der Waals surface area contributed by atoms with Gasteiger partial charge in [0.05, 0.1) is 5.56 Å². The number of pyridine rings is 1. The quantitative estimate of drug-likeness (QED) is 0.872. The lowest BCUT2D eigenvalue weighted by Gasteiger charge is -2.20. The SMILES string of the molecule is CC(C)(C)C(=O)Nc1ncccc1[C@H](O)c1cccc(C(F)(F)F)c1. The molecular formula is C18H19F3N2O2. The van der Waals surface area contributed by atoms with Crippen LogP contribution in [0.5, 0.6) is 0 Å². The highest BCUT2D eigenvalue weighted by molar-refractivity contribution is 5.94. The molecule has 0 bridgehead atoms. The maximum absolute atomic E-state index is 12.9. The molecule has 0 saturated heterocycles. The van der Waals surface area contributed by atoms with Gasteiger partial charge in [-0.2, -0.15) is 13.2 Å². The minimum atomic E-state index is -4.51. The van der Waals surface area contributed by atoms with Crippen LogP contribution in [0.1, 0.15) is 43.6 Å². The van der Waals surface area contributed by atoms with Crippen molar-refractivity contribution >= 4 is 11.7 Å². The Hall–Kier alpha value is -2.41. The van der Waals surface area contributed by atoms with E-state index in [-0.39, 0.29) is 22.9 Å². The fourth-order valence-corrected chi connectivity index (χ4v) is 2.10. The first kappa shape index (κ1) is 18.9. The number of hydrogen-bond donors (Lipinski definition) is 2. The van der Waals surface area contributed by atoms with Crippen LogP contribution in [0, 0.1) is 5.41 Å². The van der Waals surface area contributed by atoms with Gasteiger partial charge in [0.1, 0.15) is 11.9 Å². The van der Waals surface area contributed by atoms with Crippen molar-refractivity contribution in [3.8, 4) is 0 Å². The number of hydrogen-bond acceptors (Lipinski definition) is 3. The molecule has 0 aliphatic carbocycles. The van der Waals surface area contributed by atoms with Crippen molar-refractivity contribution in [1.82, 2.24) is 4.98 Å². The highest BCUT2D eigenvalue weighted by Gasteiger charge is 2.31. The number of benzene rings is 1. The van der Waals surface area contributed by atoms with Gasteiger partial charge in [-0.15, -0.1) is 0 Å². The van der Waals surface area contributed by atoms with E-state index in [1.165, 1.54) is 24.4 Å². The molecule has 1 heterocycles. The number of nitrogens with one attached hydrogen (secondary N) is 1. The number of amides is 1. The summed E-state index contributed by atoms with van der Waals surface area (Å²) in [7, 11) is 0. The number of aromatic nitrogens is 1. The van der Waals surface area contributed by atoms with Gasteiger partial charge in [0.2, 0.25) is 5.91 Å². The number of anilines is 1. The predicted octanol–water partition coefficient (Wildman–Crippen LogP) is 4.17. The van der Waals surface area contributed by atoms with Crippen LogP contribution in [-0.4, -0.2) is 16.0 Å². The second kappa shape index (κ2) is 6.84. The van der Waals surface area contributed by atoms with Crippen LogP contribution in [0.4, 0.5) is 19.0 Å². The summed E-state index contributed by atoms with van der Waals surface area (Å²) in [5, 5.41) is 13.1. The molecule has 0 unspecified atom stereocenters. The van der Waals surface area contributed by atoms with Crippen molar-refractivity contribution in [2.24, 2.45) is 5.41 Å². The van der Waals surface area contributed by atoms with E-state index >= 15 is 0 Å². The fourth-order valence-electron chi connectivity index (χ4n) is 2.10. The molecule has 0 radical (unpaired) electrons. The summed E-state index contributed by atoms with van der Waals surface area (Å²) in [5.74, 6) is -0.198. The number of carbonyl (C=O) groups is 1. The van der Waals surface area contributed by atoms with Gasteiger partial charge in [-0.05, 0) is 23.8 Å². The van der Waals surface area contributed by atoms with Crippen LogP contribution < -0.4 is 5.32 Å². The lowest BCUT2D eigenvalue weighted by Crippen LogP contribution is -2.28. The van der Waals surface area contributed by atoms with Crippen LogP contribution in [0.15, 0.2) is 42.6 Å². The minimum absolute atomic E-state index is 0.0640. The Morgan fingerprint density at radius 2 is 1.84 bits per heavy atom. The Morgan fingerprint density at radius 1 is 1.16 bits per heavy atom. The van der Waals surface area contributed by atoms with Gasteiger partial charge in [-0.3, -0.25) is 4.79 Å². The summed E-state index contributed by atoms with van der Waals surface area (Å²) < 4.78 is 38.6. The molecule has 0 aliphatic heterocycles. The van der Waals surface area contributed by atoms with E-state index < -0.39 is 23.3 Å². The van der Waals surface area contributed by atoms with Crippen LogP contribution in [0.3, 0.4) is 0 Å². The number of carbonyl (C=O) groups excluding carboxylic acids is 1. The summed E-state index contributed by atoms with van der Waals surface area (Å²) in [4.78, 5) is 16.2. The average Bonchev–Trinajstić information content (AvgIpc) is 2.53. The molecule has 25 heavy (non-hydrogen) atoms. The molecule has 2 aromatic rings. The number of halogens is 3. The third-order valence-corrected chi connectivity index (χ3v) is 3.58. The highest BCUT2D eigenvalue weighted by atomic mass is 19.4. The zero-order valence-electron chi connectivity index (χ0n) is 14.1. The summed E-state index contributed by atoms with van der Waals surface area (Å²) in [5.41, 5.74) is -1.25. The zero-order valence-corrected chi connectivity index (χ0v) is 14.1. The van der Waals surface area contributed by atoms with Gasteiger partial charge < -0.3 is 10.4 Å². The molecule has 7 heteroatoms. The Kier molecular flexibility index (Phi) is 5.17. The number of nitrogens with zero attached hydrogens (tertiary/aromatic N) is 1. The maximum atomic E-state index is 12.9.